The highest BCUT2D eigenvalue weighted by Crippen LogP contribution is 2.29. The average molecular weight is 309 g/mol. The summed E-state index contributed by atoms with van der Waals surface area (Å²) in [6.45, 7) is 0. The number of methoxy groups -OCH3 is 2. The van der Waals surface area contributed by atoms with Gasteiger partial charge in [-0.2, -0.15) is 0 Å². The number of amides is 1. The van der Waals surface area contributed by atoms with Gasteiger partial charge in [-0.3, -0.25) is 14.8 Å². The molecule has 0 aliphatic heterocycles. The Morgan fingerprint density at radius 3 is 2.39 bits per heavy atom. The van der Waals surface area contributed by atoms with Crippen LogP contribution in [-0.2, 0) is 0 Å². The van der Waals surface area contributed by atoms with Crippen LogP contribution in [0.2, 0.25) is 0 Å². The van der Waals surface area contributed by atoms with E-state index in [9.17, 15) is 4.79 Å². The fourth-order valence-electron chi connectivity index (χ4n) is 2.22. The predicted octanol–water partition coefficient (Wildman–Crippen LogP) is 2.90. The van der Waals surface area contributed by atoms with Gasteiger partial charge in [-0.05, 0) is 30.3 Å². The first-order valence-corrected chi connectivity index (χ1v) is 6.95. The smallest absolute Gasteiger partial charge is 0.255 e. The molecule has 2 aromatic carbocycles. The highest BCUT2D eigenvalue weighted by Gasteiger charge is 2.10. The molecule has 23 heavy (non-hydrogen) atoms. The molecule has 0 unspecified atom stereocenters. The van der Waals surface area contributed by atoms with Crippen molar-refractivity contribution in [1.29, 1.82) is 0 Å². The number of aromatic nitrogens is 2. The lowest BCUT2D eigenvalue weighted by Gasteiger charge is -2.10. The topological polar surface area (TPSA) is 73.3 Å². The van der Waals surface area contributed by atoms with E-state index in [1.54, 1.807) is 63.0 Å². The summed E-state index contributed by atoms with van der Waals surface area (Å²) in [5.41, 5.74) is 2.54. The monoisotopic (exact) mass is 309 g/mol. The van der Waals surface area contributed by atoms with Crippen molar-refractivity contribution < 1.29 is 14.3 Å². The molecule has 1 aromatic heterocycles. The number of nitrogens with zero attached hydrogens (tertiary/aromatic N) is 2. The molecule has 0 saturated heterocycles. The van der Waals surface area contributed by atoms with Crippen molar-refractivity contribution in [3.8, 4) is 11.5 Å². The van der Waals surface area contributed by atoms with Gasteiger partial charge in [0.2, 0.25) is 0 Å². The summed E-state index contributed by atoms with van der Waals surface area (Å²) in [7, 11) is 3.11. The largest absolute Gasteiger partial charge is 0.493 e. The van der Waals surface area contributed by atoms with Gasteiger partial charge in [-0.25, -0.2) is 0 Å². The van der Waals surface area contributed by atoms with Crippen LogP contribution >= 0.6 is 0 Å². The number of carbonyl (C=O) groups excluding carboxylic acids is 1. The number of hydrogen-bond acceptors (Lipinski definition) is 5. The molecule has 1 N–H and O–H groups in total. The Bertz CT molecular complexity index is 865. The summed E-state index contributed by atoms with van der Waals surface area (Å²) in [6.07, 6.45) is 3.21. The number of rotatable bonds is 4. The van der Waals surface area contributed by atoms with Crippen molar-refractivity contribution in [3.63, 3.8) is 0 Å². The summed E-state index contributed by atoms with van der Waals surface area (Å²) in [4.78, 5) is 20.8. The van der Waals surface area contributed by atoms with Crippen LogP contribution in [0.4, 0.5) is 5.69 Å². The minimum atomic E-state index is -0.232. The molecule has 0 saturated carbocycles. The molecular weight excluding hydrogens is 294 g/mol. The normalized spacial score (nSPS) is 10.3. The molecule has 6 heteroatoms. The maximum absolute atomic E-state index is 12.4. The Labute approximate surface area is 133 Å². The molecule has 0 spiro atoms. The molecule has 3 rings (SSSR count). The van der Waals surface area contributed by atoms with Gasteiger partial charge < -0.3 is 14.8 Å². The van der Waals surface area contributed by atoms with Crippen molar-refractivity contribution in [2.24, 2.45) is 0 Å². The van der Waals surface area contributed by atoms with E-state index in [1.807, 2.05) is 0 Å². The van der Waals surface area contributed by atoms with Crippen LogP contribution in [-0.4, -0.2) is 30.1 Å². The van der Waals surface area contributed by atoms with Gasteiger partial charge in [0, 0.05) is 29.7 Å². The lowest BCUT2D eigenvalue weighted by molar-refractivity contribution is 0.102. The van der Waals surface area contributed by atoms with Gasteiger partial charge in [0.05, 0.1) is 25.3 Å². The highest BCUT2D eigenvalue weighted by molar-refractivity contribution is 6.06. The first kappa shape index (κ1) is 14.8. The Morgan fingerprint density at radius 1 is 0.913 bits per heavy atom. The van der Waals surface area contributed by atoms with Crippen molar-refractivity contribution in [2.45, 2.75) is 0 Å². The fraction of sp³-hybridized carbons (Fsp3) is 0.118. The SMILES string of the molecule is COc1ccc(NC(=O)c2ccc3nccnc3c2)cc1OC. The second kappa shape index (κ2) is 6.31. The minimum absolute atomic E-state index is 0.232. The molecule has 1 heterocycles. The Hall–Kier alpha value is -3.15. The maximum atomic E-state index is 12.4. The molecular formula is C17H15N3O3. The quantitative estimate of drug-likeness (QED) is 0.802. The Kier molecular flexibility index (Phi) is 4.05. The second-order valence-corrected chi connectivity index (χ2v) is 4.78. The van der Waals surface area contributed by atoms with E-state index in [0.29, 0.717) is 28.3 Å². The number of nitrogens with one attached hydrogen (secondary N) is 1. The van der Waals surface area contributed by atoms with E-state index in [-0.39, 0.29) is 5.91 Å². The van der Waals surface area contributed by atoms with E-state index in [1.165, 1.54) is 0 Å². The average Bonchev–Trinajstić information content (AvgIpc) is 2.61. The predicted molar refractivity (Wildman–Crippen MR) is 87.0 cm³/mol. The van der Waals surface area contributed by atoms with Crippen LogP contribution in [0.15, 0.2) is 48.8 Å². The van der Waals surface area contributed by atoms with E-state index in [4.69, 9.17) is 9.47 Å². The van der Waals surface area contributed by atoms with E-state index in [0.717, 1.165) is 5.52 Å². The van der Waals surface area contributed by atoms with E-state index < -0.39 is 0 Å². The zero-order valence-electron chi connectivity index (χ0n) is 12.7. The number of fused-ring (bicyclic) bond motifs is 1. The molecule has 0 radical (unpaired) electrons. The summed E-state index contributed by atoms with van der Waals surface area (Å²) in [5.74, 6) is 0.922. The number of ether oxygens (including phenoxy) is 2. The molecule has 0 atom stereocenters. The van der Waals surface area contributed by atoms with Gasteiger partial charge in [0.15, 0.2) is 11.5 Å². The summed E-state index contributed by atoms with van der Waals surface area (Å²) in [6, 6.07) is 10.4. The number of hydrogen-bond donors (Lipinski definition) is 1. The van der Waals surface area contributed by atoms with Gasteiger partial charge in [-0.15, -0.1) is 0 Å². The van der Waals surface area contributed by atoms with Crippen LogP contribution in [0, 0.1) is 0 Å². The Balaban J connectivity index is 1.85. The molecule has 0 bridgehead atoms. The zero-order chi connectivity index (χ0) is 16.2. The molecule has 1 amide bonds. The van der Waals surface area contributed by atoms with Crippen LogP contribution in [0.25, 0.3) is 11.0 Å². The van der Waals surface area contributed by atoms with Crippen LogP contribution < -0.4 is 14.8 Å². The van der Waals surface area contributed by atoms with Crippen LogP contribution in [0.3, 0.4) is 0 Å². The van der Waals surface area contributed by atoms with Crippen molar-refractivity contribution in [3.05, 3.63) is 54.4 Å². The molecule has 0 aliphatic carbocycles. The number of benzene rings is 2. The lowest BCUT2D eigenvalue weighted by Crippen LogP contribution is -2.12. The molecule has 3 aromatic rings. The summed E-state index contributed by atoms with van der Waals surface area (Å²) in [5, 5.41) is 2.83. The third kappa shape index (κ3) is 3.06. The van der Waals surface area contributed by atoms with E-state index in [2.05, 4.69) is 15.3 Å². The zero-order valence-corrected chi connectivity index (χ0v) is 12.7. The van der Waals surface area contributed by atoms with Gasteiger partial charge in [-0.1, -0.05) is 0 Å². The first-order chi connectivity index (χ1) is 11.2. The van der Waals surface area contributed by atoms with Gasteiger partial charge in [0.25, 0.3) is 5.91 Å². The molecule has 6 nitrogen and oxygen atoms in total. The van der Waals surface area contributed by atoms with Gasteiger partial charge in [0.1, 0.15) is 0 Å². The maximum Gasteiger partial charge on any atom is 0.255 e. The summed E-state index contributed by atoms with van der Waals surface area (Å²) >= 11 is 0. The van der Waals surface area contributed by atoms with Crippen LogP contribution in [0.1, 0.15) is 10.4 Å². The van der Waals surface area contributed by atoms with Gasteiger partial charge >= 0.3 is 0 Å². The van der Waals surface area contributed by atoms with E-state index >= 15 is 0 Å². The fourth-order valence-corrected chi connectivity index (χ4v) is 2.22. The summed E-state index contributed by atoms with van der Waals surface area (Å²) < 4.78 is 10.4. The number of anilines is 1. The third-order valence-electron chi connectivity index (χ3n) is 3.37. The first-order valence-electron chi connectivity index (χ1n) is 6.95. The minimum Gasteiger partial charge on any atom is -0.493 e. The second-order valence-electron chi connectivity index (χ2n) is 4.78. The standard InChI is InChI=1S/C17H15N3O3/c1-22-15-6-4-12(10-16(15)23-2)20-17(21)11-3-5-13-14(9-11)19-8-7-18-13/h3-10H,1-2H3,(H,20,21). The Morgan fingerprint density at radius 2 is 1.65 bits per heavy atom. The van der Waals surface area contributed by atoms with Crippen LogP contribution in [0.5, 0.6) is 11.5 Å². The molecule has 116 valence electrons. The molecule has 0 fully saturated rings. The molecule has 0 aliphatic rings. The van der Waals surface area contributed by atoms with Crippen molar-refractivity contribution in [2.75, 3.05) is 19.5 Å². The lowest BCUT2D eigenvalue weighted by atomic mass is 10.1. The van der Waals surface area contributed by atoms with Crippen molar-refractivity contribution >= 4 is 22.6 Å². The third-order valence-corrected chi connectivity index (χ3v) is 3.37. The van der Waals surface area contributed by atoms with Crippen molar-refractivity contribution in [1.82, 2.24) is 9.97 Å². The highest BCUT2D eigenvalue weighted by atomic mass is 16.5. The number of carbonyl (C=O) groups is 1.